The molecule has 4 atom stereocenters. The van der Waals surface area contributed by atoms with E-state index >= 15 is 0 Å². The van der Waals surface area contributed by atoms with Gasteiger partial charge in [-0.3, -0.25) is 4.79 Å². The first kappa shape index (κ1) is 26.5. The number of hydrogen-bond acceptors (Lipinski definition) is 6. The Kier molecular flexibility index (Phi) is 12.0. The second-order valence-corrected chi connectivity index (χ2v) is 8.76. The van der Waals surface area contributed by atoms with Crippen LogP contribution in [0.15, 0.2) is 36.4 Å². The summed E-state index contributed by atoms with van der Waals surface area (Å²) >= 11 is 11.2. The maximum atomic E-state index is 11.5. The van der Waals surface area contributed by atoms with Gasteiger partial charge in [0.15, 0.2) is 0 Å². The summed E-state index contributed by atoms with van der Waals surface area (Å²) in [6, 6.07) is 7.45. The van der Waals surface area contributed by atoms with Crippen LogP contribution in [0.25, 0.3) is 0 Å². The summed E-state index contributed by atoms with van der Waals surface area (Å²) in [6.07, 6.45) is 5.54. The van der Waals surface area contributed by atoms with E-state index < -0.39 is 12.2 Å². The minimum atomic E-state index is -0.644. The number of nitrogens with one attached hydrogen (secondary N) is 2. The van der Waals surface area contributed by atoms with E-state index in [4.69, 9.17) is 33.7 Å². The van der Waals surface area contributed by atoms with Crippen LogP contribution in [-0.2, 0) is 16.1 Å². The fourth-order valence-electron chi connectivity index (χ4n) is 3.81. The van der Waals surface area contributed by atoms with Crippen molar-refractivity contribution in [2.24, 2.45) is 11.8 Å². The Bertz CT molecular complexity index is 764. The molecule has 0 heterocycles. The first-order valence-electron chi connectivity index (χ1n) is 10.9. The second kappa shape index (κ2) is 14.4. The summed E-state index contributed by atoms with van der Waals surface area (Å²) < 4.78 is 5.66. The van der Waals surface area contributed by atoms with Gasteiger partial charge in [0.2, 0.25) is 5.91 Å². The van der Waals surface area contributed by atoms with Crippen LogP contribution in [-0.4, -0.2) is 58.4 Å². The van der Waals surface area contributed by atoms with Gasteiger partial charge in [0.25, 0.3) is 5.17 Å². The van der Waals surface area contributed by atoms with Gasteiger partial charge < -0.3 is 30.7 Å². The van der Waals surface area contributed by atoms with Crippen LogP contribution in [0.2, 0.25) is 5.02 Å². The first-order valence-corrected chi connectivity index (χ1v) is 11.7. The number of amides is 1. The average Bonchev–Trinajstić information content (AvgIpc) is 3.03. The zero-order valence-corrected chi connectivity index (χ0v) is 19.7. The number of rotatable bonds is 12. The molecule has 1 aliphatic carbocycles. The van der Waals surface area contributed by atoms with Gasteiger partial charge in [-0.05, 0) is 61.5 Å². The number of allylic oxidation sites excluding steroid dienone is 2. The zero-order valence-electron chi connectivity index (χ0n) is 18.1. The maximum Gasteiger partial charge on any atom is 0.256 e. The van der Waals surface area contributed by atoms with E-state index in [9.17, 15) is 15.0 Å². The van der Waals surface area contributed by atoms with Crippen LogP contribution < -0.4 is 10.6 Å². The van der Waals surface area contributed by atoms with E-state index in [-0.39, 0.29) is 42.7 Å². The van der Waals surface area contributed by atoms with Crippen molar-refractivity contribution in [3.8, 4) is 0 Å². The third-order valence-electron chi connectivity index (χ3n) is 5.54. The highest BCUT2D eigenvalue weighted by Crippen LogP contribution is 2.35. The number of aliphatic hydroxyl groups excluding tert-OH is 3. The van der Waals surface area contributed by atoms with Gasteiger partial charge in [-0.2, -0.15) is 0 Å². The van der Waals surface area contributed by atoms with Gasteiger partial charge in [0, 0.05) is 30.5 Å². The maximum absolute atomic E-state index is 11.5. The number of benzene rings is 1. The molecule has 178 valence electrons. The van der Waals surface area contributed by atoms with Crippen LogP contribution in [0.3, 0.4) is 0 Å². The molecule has 1 aromatic rings. The third kappa shape index (κ3) is 9.42. The van der Waals surface area contributed by atoms with Crippen molar-refractivity contribution < 1.29 is 24.9 Å². The van der Waals surface area contributed by atoms with Gasteiger partial charge in [0.05, 0.1) is 25.4 Å². The summed E-state index contributed by atoms with van der Waals surface area (Å²) in [6.45, 7) is 0.928. The molecule has 0 aliphatic heterocycles. The van der Waals surface area contributed by atoms with Gasteiger partial charge in [-0.25, -0.2) is 0 Å². The molecule has 7 nitrogen and oxygen atoms in total. The lowest BCUT2D eigenvalue weighted by atomic mass is 9.91. The predicted molar refractivity (Wildman–Crippen MR) is 128 cm³/mol. The van der Waals surface area contributed by atoms with Gasteiger partial charge in [-0.15, -0.1) is 0 Å². The number of hydrogen-bond donors (Lipinski definition) is 5. The standard InChI is InChI=1S/C23H33ClN2O5S/c24-17-7-5-6-16(12-17)14-26-23(32)31-15-19-18(20(28)13-21(19)29)8-3-1-2-4-9-22(30)25-10-11-27/h1,3,5-7,12,18-21,27-29H,2,4,8-11,13-15H2,(H,25,30)(H,26,32)/t18-,19-,20?,21?/m1/s1. The van der Waals surface area contributed by atoms with Crippen LogP contribution in [0.5, 0.6) is 0 Å². The topological polar surface area (TPSA) is 111 Å². The molecule has 2 unspecified atom stereocenters. The zero-order chi connectivity index (χ0) is 23.3. The summed E-state index contributed by atoms with van der Waals surface area (Å²) in [5, 5.41) is 35.9. The second-order valence-electron chi connectivity index (χ2n) is 7.95. The summed E-state index contributed by atoms with van der Waals surface area (Å²) in [5.41, 5.74) is 0.980. The van der Waals surface area contributed by atoms with E-state index in [2.05, 4.69) is 10.6 Å². The summed E-state index contributed by atoms with van der Waals surface area (Å²) in [4.78, 5) is 11.5. The molecule has 0 bridgehead atoms. The van der Waals surface area contributed by atoms with Crippen molar-refractivity contribution in [2.75, 3.05) is 19.8 Å². The van der Waals surface area contributed by atoms with Gasteiger partial charge >= 0.3 is 0 Å². The van der Waals surface area contributed by atoms with Crippen molar-refractivity contribution in [1.82, 2.24) is 10.6 Å². The van der Waals surface area contributed by atoms with E-state index in [1.54, 1.807) is 6.07 Å². The summed E-state index contributed by atoms with van der Waals surface area (Å²) in [7, 11) is 0. The lowest BCUT2D eigenvalue weighted by Gasteiger charge is -2.23. The molecule has 1 amide bonds. The third-order valence-corrected chi connectivity index (χ3v) is 6.03. The van der Waals surface area contributed by atoms with E-state index in [0.717, 1.165) is 12.0 Å². The molecule has 1 aromatic carbocycles. The van der Waals surface area contributed by atoms with Crippen LogP contribution in [0.4, 0.5) is 0 Å². The summed E-state index contributed by atoms with van der Waals surface area (Å²) in [5.74, 6) is -0.409. The Labute approximate surface area is 199 Å². The molecule has 1 aliphatic rings. The Hall–Kier alpha value is -1.71. The molecular formula is C23H33ClN2O5S. The smallest absolute Gasteiger partial charge is 0.256 e. The number of unbranched alkanes of at least 4 members (excludes halogenated alkanes) is 1. The first-order chi connectivity index (χ1) is 15.4. The molecule has 0 saturated heterocycles. The number of ether oxygens (including phenoxy) is 1. The van der Waals surface area contributed by atoms with Gasteiger partial charge in [-0.1, -0.05) is 35.9 Å². The van der Waals surface area contributed by atoms with Crippen molar-refractivity contribution in [2.45, 2.75) is 50.9 Å². The number of thiocarbonyl (C=S) groups is 1. The minimum absolute atomic E-state index is 0.0607. The fraction of sp³-hybridized carbons (Fsp3) is 0.565. The Morgan fingerprint density at radius 2 is 2.00 bits per heavy atom. The molecule has 32 heavy (non-hydrogen) atoms. The number of carbonyl (C=O) groups excluding carboxylic acids is 1. The normalized spacial score (nSPS) is 22.8. The molecule has 0 radical (unpaired) electrons. The lowest BCUT2D eigenvalue weighted by molar-refractivity contribution is -0.121. The molecule has 1 fully saturated rings. The SMILES string of the molecule is O=C(CCCC=CC[C@H]1C(O)CC(O)[C@@H]1COC(=S)NCc1cccc(Cl)c1)NCCO. The Morgan fingerprint density at radius 3 is 2.75 bits per heavy atom. The largest absolute Gasteiger partial charge is 0.471 e. The number of aliphatic hydroxyl groups is 3. The van der Waals surface area contributed by atoms with E-state index in [1.165, 1.54) is 0 Å². The molecule has 9 heteroatoms. The monoisotopic (exact) mass is 484 g/mol. The van der Waals surface area contributed by atoms with E-state index in [1.807, 2.05) is 30.4 Å². The molecule has 1 saturated carbocycles. The highest BCUT2D eigenvalue weighted by atomic mass is 35.5. The number of carbonyl (C=O) groups is 1. The Balaban J connectivity index is 1.71. The molecule has 5 N–H and O–H groups in total. The van der Waals surface area contributed by atoms with Crippen LogP contribution in [0.1, 0.15) is 37.7 Å². The van der Waals surface area contributed by atoms with Crippen LogP contribution >= 0.6 is 23.8 Å². The van der Waals surface area contributed by atoms with Crippen molar-refractivity contribution >= 4 is 34.9 Å². The molecule has 0 spiro atoms. The fourth-order valence-corrected chi connectivity index (χ4v) is 4.17. The van der Waals surface area contributed by atoms with E-state index in [0.29, 0.717) is 37.3 Å². The number of halogens is 1. The quantitative estimate of drug-likeness (QED) is 0.176. The minimum Gasteiger partial charge on any atom is -0.471 e. The lowest BCUT2D eigenvalue weighted by Crippen LogP contribution is -2.31. The molecular weight excluding hydrogens is 452 g/mol. The van der Waals surface area contributed by atoms with Gasteiger partial charge in [0.1, 0.15) is 0 Å². The van der Waals surface area contributed by atoms with Crippen molar-refractivity contribution in [3.63, 3.8) is 0 Å². The molecule has 2 rings (SSSR count). The average molecular weight is 485 g/mol. The highest BCUT2D eigenvalue weighted by Gasteiger charge is 2.41. The van der Waals surface area contributed by atoms with Crippen molar-refractivity contribution in [1.29, 1.82) is 0 Å². The van der Waals surface area contributed by atoms with Crippen molar-refractivity contribution in [3.05, 3.63) is 47.0 Å². The molecule has 0 aromatic heterocycles. The van der Waals surface area contributed by atoms with Crippen LogP contribution in [0, 0.1) is 11.8 Å². The predicted octanol–water partition coefficient (Wildman–Crippen LogP) is 2.31. The Morgan fingerprint density at radius 1 is 1.22 bits per heavy atom. The highest BCUT2D eigenvalue weighted by molar-refractivity contribution is 7.80.